The smallest absolute Gasteiger partial charge is 0.320 e. The van der Waals surface area contributed by atoms with E-state index in [0.717, 1.165) is 12.8 Å². The molecule has 3 N–H and O–H groups in total. The molecule has 1 amide bonds. The van der Waals surface area contributed by atoms with E-state index >= 15 is 0 Å². The molecule has 9 nitrogen and oxygen atoms in total. The Hall–Kier alpha value is -1.61. The van der Waals surface area contributed by atoms with Crippen molar-refractivity contribution < 1.29 is 24.6 Å². The molecular weight excluding hydrogens is 318 g/mol. The third-order valence-corrected chi connectivity index (χ3v) is 3.68. The van der Waals surface area contributed by atoms with Crippen LogP contribution in [-0.2, 0) is 14.4 Å². The van der Waals surface area contributed by atoms with Gasteiger partial charge >= 0.3 is 5.97 Å². The Morgan fingerprint density at radius 3 is 2.50 bits per heavy atom. The molecule has 0 aliphatic carbocycles. The number of piperidine rings is 1. The highest BCUT2D eigenvalue weighted by molar-refractivity contribution is 5.85. The first-order valence-corrected chi connectivity index (χ1v) is 6.93. The van der Waals surface area contributed by atoms with Gasteiger partial charge in [0.25, 0.3) is 5.09 Å². The number of likely N-dealkylation sites (tertiary alicyclic amines) is 1. The van der Waals surface area contributed by atoms with Crippen LogP contribution in [0.5, 0.6) is 0 Å². The van der Waals surface area contributed by atoms with Crippen LogP contribution in [0.4, 0.5) is 0 Å². The van der Waals surface area contributed by atoms with Gasteiger partial charge in [-0.2, -0.15) is 0 Å². The summed E-state index contributed by atoms with van der Waals surface area (Å²) >= 11 is 0. The van der Waals surface area contributed by atoms with E-state index in [1.165, 1.54) is 0 Å². The highest BCUT2D eigenvalue weighted by Gasteiger charge is 2.23. The van der Waals surface area contributed by atoms with Crippen molar-refractivity contribution >= 4 is 24.3 Å². The monoisotopic (exact) mass is 339 g/mol. The van der Waals surface area contributed by atoms with Gasteiger partial charge in [-0.25, -0.2) is 0 Å². The first-order valence-electron chi connectivity index (χ1n) is 6.93. The fourth-order valence-corrected chi connectivity index (χ4v) is 2.33. The van der Waals surface area contributed by atoms with Crippen LogP contribution in [0.1, 0.15) is 32.1 Å². The summed E-state index contributed by atoms with van der Waals surface area (Å²) in [5, 5.41) is 17.9. The molecule has 1 heterocycles. The van der Waals surface area contributed by atoms with Crippen molar-refractivity contribution in [2.45, 2.75) is 38.1 Å². The molecule has 0 aromatic heterocycles. The molecular formula is C12H22ClN3O6. The number of halogens is 1. The largest absolute Gasteiger partial charge is 0.480 e. The van der Waals surface area contributed by atoms with Gasteiger partial charge in [-0.1, -0.05) is 0 Å². The molecule has 1 saturated heterocycles. The van der Waals surface area contributed by atoms with Crippen LogP contribution in [0, 0.1) is 16.0 Å². The Kier molecular flexibility index (Phi) is 9.43. The van der Waals surface area contributed by atoms with Gasteiger partial charge < -0.3 is 20.6 Å². The maximum Gasteiger partial charge on any atom is 0.320 e. The van der Waals surface area contributed by atoms with Crippen molar-refractivity contribution in [2.75, 3.05) is 19.7 Å². The van der Waals surface area contributed by atoms with Gasteiger partial charge in [0, 0.05) is 19.5 Å². The molecule has 0 unspecified atom stereocenters. The maximum atomic E-state index is 11.9. The lowest BCUT2D eigenvalue weighted by atomic mass is 9.93. The molecule has 0 radical (unpaired) electrons. The van der Waals surface area contributed by atoms with Crippen LogP contribution >= 0.6 is 12.4 Å². The van der Waals surface area contributed by atoms with Gasteiger partial charge in [0.05, 0.1) is 6.61 Å². The average Bonchev–Trinajstić information content (AvgIpc) is 2.44. The van der Waals surface area contributed by atoms with E-state index in [4.69, 9.17) is 10.8 Å². The average molecular weight is 340 g/mol. The van der Waals surface area contributed by atoms with Gasteiger partial charge in [-0.3, -0.25) is 9.59 Å². The Bertz CT molecular complexity index is 387. The van der Waals surface area contributed by atoms with Gasteiger partial charge in [-0.15, -0.1) is 22.5 Å². The molecule has 22 heavy (non-hydrogen) atoms. The second kappa shape index (κ2) is 10.2. The summed E-state index contributed by atoms with van der Waals surface area (Å²) in [4.78, 5) is 38.5. The third-order valence-electron chi connectivity index (χ3n) is 3.68. The van der Waals surface area contributed by atoms with Gasteiger partial charge in [0.1, 0.15) is 6.04 Å². The van der Waals surface area contributed by atoms with E-state index < -0.39 is 17.1 Å². The molecule has 1 aliphatic heterocycles. The number of amides is 1. The number of aliphatic carboxylic acids is 1. The first kappa shape index (κ1) is 20.4. The van der Waals surface area contributed by atoms with Crippen molar-refractivity contribution in [3.8, 4) is 0 Å². The molecule has 0 bridgehead atoms. The quantitative estimate of drug-likeness (QED) is 0.483. The fraction of sp³-hybridized carbons (Fsp3) is 0.833. The Morgan fingerprint density at radius 2 is 2.00 bits per heavy atom. The number of carboxylic acids is 1. The van der Waals surface area contributed by atoms with Crippen molar-refractivity contribution in [3.05, 3.63) is 10.1 Å². The molecule has 1 rings (SSSR count). The summed E-state index contributed by atoms with van der Waals surface area (Å²) in [5.74, 6) is -0.880. The van der Waals surface area contributed by atoms with E-state index in [9.17, 15) is 19.7 Å². The molecule has 10 heteroatoms. The number of hydrogen-bond acceptors (Lipinski definition) is 6. The maximum absolute atomic E-state index is 11.9. The molecule has 128 valence electrons. The lowest BCUT2D eigenvalue weighted by Gasteiger charge is -2.32. The topological polar surface area (TPSA) is 136 Å². The number of hydrogen-bond donors (Lipinski definition) is 2. The van der Waals surface area contributed by atoms with Gasteiger partial charge in [0.15, 0.2) is 0 Å². The molecule has 0 aromatic rings. The van der Waals surface area contributed by atoms with Crippen molar-refractivity contribution in [1.82, 2.24) is 4.90 Å². The molecule has 0 aromatic carbocycles. The van der Waals surface area contributed by atoms with E-state index in [1.54, 1.807) is 4.90 Å². The van der Waals surface area contributed by atoms with Gasteiger partial charge in [0.2, 0.25) is 5.91 Å². The van der Waals surface area contributed by atoms with Crippen molar-refractivity contribution in [1.29, 1.82) is 0 Å². The SMILES string of the molecule is Cl.N[C@@H](CCC(=O)N1CCC(CCO[N+](=O)[O-])CC1)C(=O)O. The van der Waals surface area contributed by atoms with Crippen LogP contribution in [0.15, 0.2) is 0 Å². The van der Waals surface area contributed by atoms with Crippen LogP contribution in [0.2, 0.25) is 0 Å². The zero-order chi connectivity index (χ0) is 15.8. The number of rotatable bonds is 8. The second-order valence-corrected chi connectivity index (χ2v) is 5.15. The normalized spacial score (nSPS) is 16.5. The van der Waals surface area contributed by atoms with Crippen molar-refractivity contribution in [2.24, 2.45) is 11.7 Å². The number of nitrogens with zero attached hydrogens (tertiary/aromatic N) is 2. The van der Waals surface area contributed by atoms with E-state index in [2.05, 4.69) is 4.84 Å². The fourth-order valence-electron chi connectivity index (χ4n) is 2.33. The first-order chi connectivity index (χ1) is 9.90. The number of nitrogens with two attached hydrogens (primary N) is 1. The predicted octanol–water partition coefficient (Wildman–Crippen LogP) is 0.437. The van der Waals surface area contributed by atoms with Crippen LogP contribution in [0.3, 0.4) is 0 Å². The minimum atomic E-state index is -1.10. The lowest BCUT2D eigenvalue weighted by Crippen LogP contribution is -2.40. The van der Waals surface area contributed by atoms with Crippen LogP contribution < -0.4 is 5.73 Å². The molecule has 0 spiro atoms. The second-order valence-electron chi connectivity index (χ2n) is 5.15. The van der Waals surface area contributed by atoms with Crippen LogP contribution in [0.25, 0.3) is 0 Å². The highest BCUT2D eigenvalue weighted by Crippen LogP contribution is 2.21. The minimum absolute atomic E-state index is 0. The third kappa shape index (κ3) is 7.41. The zero-order valence-corrected chi connectivity index (χ0v) is 13.0. The van der Waals surface area contributed by atoms with E-state index in [1.807, 2.05) is 0 Å². The number of carbonyl (C=O) groups excluding carboxylic acids is 1. The summed E-state index contributed by atoms with van der Waals surface area (Å²) in [6.07, 6.45) is 2.41. The molecule has 1 atom stereocenters. The van der Waals surface area contributed by atoms with Crippen LogP contribution in [-0.4, -0.2) is 52.7 Å². The Morgan fingerprint density at radius 1 is 1.41 bits per heavy atom. The van der Waals surface area contributed by atoms with Crippen molar-refractivity contribution in [3.63, 3.8) is 0 Å². The minimum Gasteiger partial charge on any atom is -0.480 e. The standard InChI is InChI=1S/C12H21N3O6.ClH/c13-10(12(17)18)1-2-11(16)14-6-3-9(4-7-14)5-8-21-15(19)20;/h9-10H,1-8,13H2,(H,17,18);1H/t10-;/m0./s1. The van der Waals surface area contributed by atoms with Gasteiger partial charge in [-0.05, 0) is 31.6 Å². The summed E-state index contributed by atoms with van der Waals surface area (Å²) in [6, 6.07) is -1.01. The summed E-state index contributed by atoms with van der Waals surface area (Å²) in [6.45, 7) is 1.26. The predicted molar refractivity (Wildman–Crippen MR) is 79.0 cm³/mol. The Balaban J connectivity index is 0.00000441. The molecule has 0 saturated carbocycles. The highest BCUT2D eigenvalue weighted by atomic mass is 35.5. The van der Waals surface area contributed by atoms with E-state index in [0.29, 0.717) is 25.4 Å². The molecule has 1 fully saturated rings. The zero-order valence-electron chi connectivity index (χ0n) is 12.2. The number of carbonyl (C=O) groups is 2. The molecule has 1 aliphatic rings. The summed E-state index contributed by atoms with van der Waals surface area (Å²) in [7, 11) is 0. The Labute approximate surface area is 134 Å². The summed E-state index contributed by atoms with van der Waals surface area (Å²) in [5.41, 5.74) is 5.36. The lowest BCUT2D eigenvalue weighted by molar-refractivity contribution is -0.758. The summed E-state index contributed by atoms with van der Waals surface area (Å²) < 4.78 is 0. The van der Waals surface area contributed by atoms with E-state index in [-0.39, 0.29) is 37.8 Å². The number of carboxylic acid groups (broad SMARTS) is 1.